The van der Waals surface area contributed by atoms with Crippen LogP contribution in [0.25, 0.3) is 0 Å². The highest BCUT2D eigenvalue weighted by molar-refractivity contribution is 6.22. The van der Waals surface area contributed by atoms with E-state index in [1.807, 2.05) is 0 Å². The van der Waals surface area contributed by atoms with Gasteiger partial charge < -0.3 is 4.74 Å². The monoisotopic (exact) mass is 627 g/mol. The molecule has 1 rings (SSSR count). The number of alkyl halides is 13. The molecule has 0 atom stereocenters. The van der Waals surface area contributed by atoms with Crippen LogP contribution >= 0.6 is 11.6 Å². The molecule has 0 radical (unpaired) electrons. The van der Waals surface area contributed by atoms with E-state index in [-0.39, 0.29) is 18.5 Å². The predicted octanol–water partition coefficient (Wildman–Crippen LogP) is 9.88. The SMILES string of the molecule is O=[N+]([O-])c1ccc(OCCCCCCCCCCCC(F)(F)C(F)(F)C(F)(F)C(F)(F)C(F)(F)C(F)(F)Cl)cc1. The largest absolute Gasteiger partial charge is 0.494 e. The van der Waals surface area contributed by atoms with Gasteiger partial charge in [-0.1, -0.05) is 44.9 Å². The zero-order valence-corrected chi connectivity index (χ0v) is 21.4. The number of hydrogen-bond donors (Lipinski definition) is 0. The molecule has 0 bridgehead atoms. The maximum atomic E-state index is 13.8. The second-order valence-electron chi connectivity index (χ2n) is 9.03. The Labute approximate surface area is 226 Å². The number of hydrogen-bond acceptors (Lipinski definition) is 3. The van der Waals surface area contributed by atoms with Crippen molar-refractivity contribution in [2.45, 2.75) is 99.2 Å². The Morgan fingerprint density at radius 3 is 1.45 bits per heavy atom. The summed E-state index contributed by atoms with van der Waals surface area (Å²) in [6.07, 6.45) is 0.959. The topological polar surface area (TPSA) is 52.4 Å². The van der Waals surface area contributed by atoms with Crippen molar-refractivity contribution in [3.05, 3.63) is 34.4 Å². The third-order valence-electron chi connectivity index (χ3n) is 5.95. The average Bonchev–Trinajstić information content (AvgIpc) is 2.83. The van der Waals surface area contributed by atoms with Gasteiger partial charge in [0.25, 0.3) is 5.69 Å². The molecule has 40 heavy (non-hydrogen) atoms. The average molecular weight is 628 g/mol. The van der Waals surface area contributed by atoms with Crippen LogP contribution in [0.3, 0.4) is 0 Å². The first-order valence-electron chi connectivity index (χ1n) is 12.0. The summed E-state index contributed by atoms with van der Waals surface area (Å²) >= 11 is 3.65. The van der Waals surface area contributed by atoms with Crippen molar-refractivity contribution in [1.82, 2.24) is 0 Å². The number of benzene rings is 1. The van der Waals surface area contributed by atoms with Crippen molar-refractivity contribution in [2.24, 2.45) is 0 Å². The summed E-state index contributed by atoms with van der Waals surface area (Å²) in [5.41, 5.74) is -0.0784. The van der Waals surface area contributed by atoms with E-state index in [1.165, 1.54) is 24.3 Å². The lowest BCUT2D eigenvalue weighted by atomic mass is 9.91. The van der Waals surface area contributed by atoms with Crippen LogP contribution in [0.4, 0.5) is 58.4 Å². The number of nitro groups is 1. The summed E-state index contributed by atoms with van der Waals surface area (Å²) < 4.78 is 165. The molecule has 0 saturated carbocycles. The Balaban J connectivity index is 2.35. The highest BCUT2D eigenvalue weighted by atomic mass is 35.5. The van der Waals surface area contributed by atoms with Gasteiger partial charge in [0.1, 0.15) is 5.75 Å². The summed E-state index contributed by atoms with van der Waals surface area (Å²) in [5, 5.41) is 4.14. The molecule has 1 aromatic rings. The molecule has 0 spiro atoms. The van der Waals surface area contributed by atoms with Gasteiger partial charge in [0.15, 0.2) is 0 Å². The van der Waals surface area contributed by atoms with Crippen molar-refractivity contribution < 1.29 is 62.3 Å². The van der Waals surface area contributed by atoms with Gasteiger partial charge in [-0.05, 0) is 36.6 Å². The fourth-order valence-electron chi connectivity index (χ4n) is 3.50. The molecule has 0 amide bonds. The van der Waals surface area contributed by atoms with Gasteiger partial charge in [-0.15, -0.1) is 0 Å². The van der Waals surface area contributed by atoms with Crippen LogP contribution in [-0.2, 0) is 0 Å². The molecule has 0 fully saturated rings. The van der Waals surface area contributed by atoms with Crippen LogP contribution in [0.5, 0.6) is 5.75 Å². The van der Waals surface area contributed by atoms with Crippen LogP contribution in [0.15, 0.2) is 24.3 Å². The number of nitro benzene ring substituents is 1. The third kappa shape index (κ3) is 8.21. The fourth-order valence-corrected chi connectivity index (χ4v) is 3.62. The highest BCUT2D eigenvalue weighted by Crippen LogP contribution is 2.61. The van der Waals surface area contributed by atoms with Crippen LogP contribution < -0.4 is 4.74 Å². The standard InChI is InChI=1S/C23H26ClF12NO3/c24-23(35,36)22(33,34)21(31,32)20(29,30)19(27,28)18(25,26)14-8-6-4-2-1-3-5-7-9-15-40-17-12-10-16(11-13-17)37(38)39/h10-13H,1-9,14-15H2. The van der Waals surface area contributed by atoms with Crippen LogP contribution in [-0.4, -0.2) is 46.5 Å². The first-order chi connectivity index (χ1) is 18.1. The number of ether oxygens (including phenoxy) is 1. The smallest absolute Gasteiger partial charge is 0.393 e. The maximum Gasteiger partial charge on any atom is 0.393 e. The van der Waals surface area contributed by atoms with E-state index in [9.17, 15) is 62.8 Å². The second-order valence-corrected chi connectivity index (χ2v) is 9.51. The quantitative estimate of drug-likeness (QED) is 0.0504. The van der Waals surface area contributed by atoms with E-state index in [4.69, 9.17) is 4.74 Å². The molecule has 0 aliphatic rings. The van der Waals surface area contributed by atoms with Crippen LogP contribution in [0.1, 0.15) is 64.2 Å². The minimum absolute atomic E-state index is 0.0784. The molecule has 1 aromatic carbocycles. The lowest BCUT2D eigenvalue weighted by molar-refractivity contribution is -0.417. The molecule has 232 valence electrons. The van der Waals surface area contributed by atoms with Gasteiger partial charge in [0.2, 0.25) is 0 Å². The Kier molecular flexibility index (Phi) is 12.3. The van der Waals surface area contributed by atoms with Crippen molar-refractivity contribution in [1.29, 1.82) is 0 Å². The third-order valence-corrected chi connectivity index (χ3v) is 6.19. The van der Waals surface area contributed by atoms with E-state index < -0.39 is 52.8 Å². The Morgan fingerprint density at radius 1 is 0.625 bits per heavy atom. The van der Waals surface area contributed by atoms with Gasteiger partial charge in [-0.3, -0.25) is 10.1 Å². The van der Waals surface area contributed by atoms with Gasteiger partial charge in [0, 0.05) is 18.6 Å². The van der Waals surface area contributed by atoms with E-state index >= 15 is 0 Å². The molecule has 0 saturated heterocycles. The molecule has 17 heteroatoms. The van der Waals surface area contributed by atoms with Crippen LogP contribution in [0, 0.1) is 10.1 Å². The van der Waals surface area contributed by atoms with Crippen molar-refractivity contribution in [2.75, 3.05) is 6.61 Å². The van der Waals surface area contributed by atoms with Gasteiger partial charge >= 0.3 is 35.0 Å². The predicted molar refractivity (Wildman–Crippen MR) is 120 cm³/mol. The molecule has 0 unspecified atom stereocenters. The number of rotatable bonds is 19. The van der Waals surface area contributed by atoms with Crippen molar-refractivity contribution in [3.63, 3.8) is 0 Å². The summed E-state index contributed by atoms with van der Waals surface area (Å²) in [4.78, 5) is 10.0. The molecule has 0 heterocycles. The van der Waals surface area contributed by atoms with E-state index in [0.717, 1.165) is 12.8 Å². The van der Waals surface area contributed by atoms with E-state index in [0.29, 0.717) is 38.0 Å². The summed E-state index contributed by atoms with van der Waals surface area (Å²) in [6.45, 7) is 0.355. The molecule has 0 aliphatic carbocycles. The van der Waals surface area contributed by atoms with E-state index in [2.05, 4.69) is 11.6 Å². The van der Waals surface area contributed by atoms with Gasteiger partial charge in [-0.2, -0.15) is 52.7 Å². The Morgan fingerprint density at radius 2 is 1.02 bits per heavy atom. The summed E-state index contributed by atoms with van der Waals surface area (Å²) in [5.74, 6) is -35.0. The van der Waals surface area contributed by atoms with Gasteiger partial charge in [0.05, 0.1) is 11.5 Å². The second kappa shape index (κ2) is 13.7. The molecular weight excluding hydrogens is 602 g/mol. The van der Waals surface area contributed by atoms with Gasteiger partial charge in [-0.25, -0.2) is 0 Å². The van der Waals surface area contributed by atoms with Crippen LogP contribution in [0.2, 0.25) is 0 Å². The van der Waals surface area contributed by atoms with Crippen molar-refractivity contribution in [3.8, 4) is 5.75 Å². The molecule has 4 nitrogen and oxygen atoms in total. The number of nitrogens with zero attached hydrogens (tertiary/aromatic N) is 1. The Bertz CT molecular complexity index is 940. The normalized spacial score (nSPS) is 13.9. The first-order valence-corrected chi connectivity index (χ1v) is 12.3. The molecule has 0 aromatic heterocycles. The summed E-state index contributed by atoms with van der Waals surface area (Å²) in [6, 6.07) is 5.50. The zero-order chi connectivity index (χ0) is 31.0. The number of non-ortho nitro benzene ring substituents is 1. The molecule has 0 aliphatic heterocycles. The highest BCUT2D eigenvalue weighted by Gasteiger charge is 2.89. The minimum atomic E-state index is -7.62. The zero-order valence-electron chi connectivity index (χ0n) is 20.7. The van der Waals surface area contributed by atoms with Crippen molar-refractivity contribution >= 4 is 17.3 Å². The number of unbranched alkanes of at least 4 members (excludes halogenated alkanes) is 8. The van der Waals surface area contributed by atoms with E-state index in [1.54, 1.807) is 0 Å². The molecular formula is C23H26ClF12NO3. The fraction of sp³-hybridized carbons (Fsp3) is 0.739. The maximum absolute atomic E-state index is 13.8. The summed E-state index contributed by atoms with van der Waals surface area (Å²) in [7, 11) is 0. The minimum Gasteiger partial charge on any atom is -0.494 e. The molecule has 0 N–H and O–H groups in total. The number of halogens is 13. The lowest BCUT2D eigenvalue weighted by Gasteiger charge is -2.40. The first kappa shape index (κ1) is 35.9. The lowest BCUT2D eigenvalue weighted by Crippen LogP contribution is -2.69. The Hall–Kier alpha value is -2.13.